The third-order valence-corrected chi connectivity index (χ3v) is 6.96. The van der Waals surface area contributed by atoms with Crippen LogP contribution in [0.15, 0.2) is 42.6 Å². The van der Waals surface area contributed by atoms with Crippen molar-refractivity contribution in [2.45, 2.75) is 97.3 Å². The maximum Gasteiger partial charge on any atom is 0.119 e. The standard InChI is InChI=1S/C29H43NO/c1-3-5-7-8-9-11-25-16-21-29(30-22-25)27-17-19-28(20-18-27)31-23-26-14-12-24(13-15-26)10-6-4-2/h16-22,24,26H,3-15,23H2,1-2H3/t24-,26-. The monoisotopic (exact) mass is 421 g/mol. The number of aryl methyl sites for hydroxylation is 1. The van der Waals surface area contributed by atoms with Crippen LogP contribution in [0, 0.1) is 11.8 Å². The number of ether oxygens (including phenoxy) is 1. The van der Waals surface area contributed by atoms with E-state index >= 15 is 0 Å². The molecule has 1 fully saturated rings. The van der Waals surface area contributed by atoms with E-state index in [2.05, 4.69) is 56.4 Å². The maximum atomic E-state index is 6.12. The maximum absolute atomic E-state index is 6.12. The zero-order valence-electron chi connectivity index (χ0n) is 20.0. The van der Waals surface area contributed by atoms with Crippen LogP contribution in [0.1, 0.15) is 96.5 Å². The molecule has 0 radical (unpaired) electrons. The minimum Gasteiger partial charge on any atom is -0.493 e. The third-order valence-electron chi connectivity index (χ3n) is 6.96. The zero-order valence-corrected chi connectivity index (χ0v) is 20.0. The van der Waals surface area contributed by atoms with Crippen LogP contribution in [-0.2, 0) is 6.42 Å². The van der Waals surface area contributed by atoms with Crippen LogP contribution < -0.4 is 4.74 Å². The molecule has 170 valence electrons. The van der Waals surface area contributed by atoms with Crippen molar-refractivity contribution in [3.05, 3.63) is 48.2 Å². The second kappa shape index (κ2) is 13.6. The van der Waals surface area contributed by atoms with E-state index in [1.807, 2.05) is 0 Å². The Morgan fingerprint density at radius 2 is 1.48 bits per heavy atom. The predicted molar refractivity (Wildman–Crippen MR) is 133 cm³/mol. The van der Waals surface area contributed by atoms with Gasteiger partial charge in [-0.1, -0.05) is 77.7 Å². The molecule has 1 aromatic heterocycles. The van der Waals surface area contributed by atoms with Gasteiger partial charge in [-0.2, -0.15) is 0 Å². The molecule has 1 saturated carbocycles. The lowest BCUT2D eigenvalue weighted by Crippen LogP contribution is -2.20. The molecule has 31 heavy (non-hydrogen) atoms. The number of aromatic nitrogens is 1. The second-order valence-corrected chi connectivity index (χ2v) is 9.58. The van der Waals surface area contributed by atoms with Gasteiger partial charge >= 0.3 is 0 Å². The zero-order chi connectivity index (χ0) is 21.7. The molecule has 1 aromatic carbocycles. The molecule has 0 N–H and O–H groups in total. The third kappa shape index (κ3) is 8.31. The lowest BCUT2D eigenvalue weighted by atomic mass is 9.80. The highest BCUT2D eigenvalue weighted by Crippen LogP contribution is 2.32. The molecule has 2 heteroatoms. The summed E-state index contributed by atoms with van der Waals surface area (Å²) in [5, 5.41) is 0. The van der Waals surface area contributed by atoms with Gasteiger partial charge < -0.3 is 4.74 Å². The number of hydrogen-bond donors (Lipinski definition) is 0. The van der Waals surface area contributed by atoms with E-state index in [0.29, 0.717) is 0 Å². The molecular formula is C29H43NO. The van der Waals surface area contributed by atoms with E-state index in [4.69, 9.17) is 9.72 Å². The molecule has 3 rings (SSSR count). The number of rotatable bonds is 13. The number of benzene rings is 1. The van der Waals surface area contributed by atoms with Crippen LogP contribution in [0.5, 0.6) is 5.75 Å². The van der Waals surface area contributed by atoms with Gasteiger partial charge in [0.2, 0.25) is 0 Å². The highest BCUT2D eigenvalue weighted by atomic mass is 16.5. The topological polar surface area (TPSA) is 22.1 Å². The van der Waals surface area contributed by atoms with Gasteiger partial charge in [0.15, 0.2) is 0 Å². The van der Waals surface area contributed by atoms with Crippen molar-refractivity contribution in [3.63, 3.8) is 0 Å². The summed E-state index contributed by atoms with van der Waals surface area (Å²) in [6, 6.07) is 12.9. The van der Waals surface area contributed by atoms with Crippen molar-refractivity contribution >= 4 is 0 Å². The average molecular weight is 422 g/mol. The van der Waals surface area contributed by atoms with Crippen LogP contribution in [0.3, 0.4) is 0 Å². The van der Waals surface area contributed by atoms with Crippen molar-refractivity contribution in [1.82, 2.24) is 4.98 Å². The fourth-order valence-corrected chi connectivity index (χ4v) is 4.79. The van der Waals surface area contributed by atoms with E-state index in [0.717, 1.165) is 36.3 Å². The molecule has 2 aromatic rings. The summed E-state index contributed by atoms with van der Waals surface area (Å²) in [5.41, 5.74) is 3.56. The normalized spacial score (nSPS) is 18.8. The molecule has 1 heterocycles. The molecule has 0 bridgehead atoms. The molecule has 0 spiro atoms. The Hall–Kier alpha value is -1.83. The first-order valence-corrected chi connectivity index (χ1v) is 13.0. The van der Waals surface area contributed by atoms with E-state index in [9.17, 15) is 0 Å². The Morgan fingerprint density at radius 1 is 0.774 bits per heavy atom. The van der Waals surface area contributed by atoms with Crippen LogP contribution in [-0.4, -0.2) is 11.6 Å². The molecule has 0 unspecified atom stereocenters. The van der Waals surface area contributed by atoms with Crippen LogP contribution in [0.25, 0.3) is 11.3 Å². The first-order chi connectivity index (χ1) is 15.3. The lowest BCUT2D eigenvalue weighted by molar-refractivity contribution is 0.178. The summed E-state index contributed by atoms with van der Waals surface area (Å²) in [5.74, 6) is 2.68. The molecule has 1 aliphatic rings. The smallest absolute Gasteiger partial charge is 0.119 e. The molecule has 2 nitrogen and oxygen atoms in total. The van der Waals surface area contributed by atoms with Gasteiger partial charge in [-0.05, 0) is 73.4 Å². The molecule has 0 atom stereocenters. The van der Waals surface area contributed by atoms with E-state index in [1.165, 1.54) is 88.2 Å². The summed E-state index contributed by atoms with van der Waals surface area (Å²) in [6.07, 6.45) is 19.4. The highest BCUT2D eigenvalue weighted by molar-refractivity contribution is 5.60. The second-order valence-electron chi connectivity index (χ2n) is 9.58. The van der Waals surface area contributed by atoms with Gasteiger partial charge in [0.25, 0.3) is 0 Å². The van der Waals surface area contributed by atoms with Gasteiger partial charge in [-0.15, -0.1) is 0 Å². The van der Waals surface area contributed by atoms with Crippen molar-refractivity contribution < 1.29 is 4.74 Å². The fourth-order valence-electron chi connectivity index (χ4n) is 4.79. The number of hydrogen-bond acceptors (Lipinski definition) is 2. The summed E-state index contributed by atoms with van der Waals surface area (Å²) in [6.45, 7) is 5.43. The Balaban J connectivity index is 1.40. The first kappa shape index (κ1) is 23.8. The molecule has 0 amide bonds. The SMILES string of the molecule is CCCCCCCc1ccc(-c2ccc(OC[C@H]3CC[C@H](CCCC)CC3)cc2)nc1. The predicted octanol–water partition coefficient (Wildman–Crippen LogP) is 8.64. The molecular weight excluding hydrogens is 378 g/mol. The minimum atomic E-state index is 0.730. The summed E-state index contributed by atoms with van der Waals surface area (Å²) in [4.78, 5) is 4.70. The van der Waals surface area contributed by atoms with Gasteiger partial charge in [0.1, 0.15) is 5.75 Å². The number of unbranched alkanes of at least 4 members (excludes halogenated alkanes) is 5. The van der Waals surface area contributed by atoms with E-state index in [1.54, 1.807) is 0 Å². The molecule has 1 aliphatic carbocycles. The van der Waals surface area contributed by atoms with Crippen molar-refractivity contribution in [1.29, 1.82) is 0 Å². The van der Waals surface area contributed by atoms with Crippen LogP contribution in [0.4, 0.5) is 0 Å². The fraction of sp³-hybridized carbons (Fsp3) is 0.621. The lowest BCUT2D eigenvalue weighted by Gasteiger charge is -2.28. The Kier molecular flexibility index (Phi) is 10.4. The van der Waals surface area contributed by atoms with Gasteiger partial charge in [0, 0.05) is 11.8 Å². The summed E-state index contributed by atoms with van der Waals surface area (Å²) in [7, 11) is 0. The average Bonchev–Trinajstić information content (AvgIpc) is 2.83. The van der Waals surface area contributed by atoms with Crippen molar-refractivity contribution in [2.24, 2.45) is 11.8 Å². The Morgan fingerprint density at radius 3 is 2.16 bits per heavy atom. The molecule has 0 aliphatic heterocycles. The first-order valence-electron chi connectivity index (χ1n) is 13.0. The Labute approximate surface area is 190 Å². The van der Waals surface area contributed by atoms with Crippen molar-refractivity contribution in [2.75, 3.05) is 6.61 Å². The quantitative estimate of drug-likeness (QED) is 0.302. The van der Waals surface area contributed by atoms with Crippen molar-refractivity contribution in [3.8, 4) is 17.0 Å². The number of pyridine rings is 1. The molecule has 0 saturated heterocycles. The minimum absolute atomic E-state index is 0.730. The van der Waals surface area contributed by atoms with Gasteiger partial charge in [0.05, 0.1) is 12.3 Å². The van der Waals surface area contributed by atoms with E-state index < -0.39 is 0 Å². The van der Waals surface area contributed by atoms with Crippen LogP contribution in [0.2, 0.25) is 0 Å². The largest absolute Gasteiger partial charge is 0.493 e. The number of nitrogens with zero attached hydrogens (tertiary/aromatic N) is 1. The summed E-state index contributed by atoms with van der Waals surface area (Å²) >= 11 is 0. The van der Waals surface area contributed by atoms with Gasteiger partial charge in [-0.3, -0.25) is 4.98 Å². The van der Waals surface area contributed by atoms with Crippen LogP contribution >= 0.6 is 0 Å². The highest BCUT2D eigenvalue weighted by Gasteiger charge is 2.21. The Bertz CT molecular complexity index is 713. The summed E-state index contributed by atoms with van der Waals surface area (Å²) < 4.78 is 6.12. The van der Waals surface area contributed by atoms with E-state index in [-0.39, 0.29) is 0 Å². The van der Waals surface area contributed by atoms with Gasteiger partial charge in [-0.25, -0.2) is 0 Å².